The zero-order valence-electron chi connectivity index (χ0n) is 20.8. The Balaban J connectivity index is 1.80. The van der Waals surface area contributed by atoms with Crippen molar-refractivity contribution in [2.75, 3.05) is 38.2 Å². The zero-order valence-corrected chi connectivity index (χ0v) is 21.5. The van der Waals surface area contributed by atoms with E-state index < -0.39 is 35.1 Å². The molecule has 0 spiro atoms. The third-order valence-corrected chi connectivity index (χ3v) is 6.06. The average molecular weight is 534 g/mol. The van der Waals surface area contributed by atoms with Gasteiger partial charge in [-0.25, -0.2) is 23.5 Å². The second-order valence-corrected chi connectivity index (χ2v) is 9.86. The number of rotatable bonds is 4. The summed E-state index contributed by atoms with van der Waals surface area (Å²) in [4.78, 5) is 36.1. The summed E-state index contributed by atoms with van der Waals surface area (Å²) < 4.78 is 41.4. The Labute approximate surface area is 217 Å². The Morgan fingerprint density at radius 1 is 1.08 bits per heavy atom. The normalized spacial score (nSPS) is 14.1. The van der Waals surface area contributed by atoms with Crippen LogP contribution in [-0.4, -0.2) is 65.8 Å². The molecule has 196 valence electrons. The summed E-state index contributed by atoms with van der Waals surface area (Å²) in [6.45, 7) is 6.56. The standard InChI is InChI=1S/C25H26ClF2N5O4/c1-25(2,3)37-24(35)33-10-8-32(9-11-33)23-13-12-14(26)17(18-15(27)6-5-7-16(18)36-4)19(28)20(13)30-22(31-23)21(29)34/h5-7,12H,8-11H2,1-4H3,(H2,29,34). The molecule has 9 nitrogen and oxygen atoms in total. The number of amides is 2. The molecule has 3 aromatic rings. The first kappa shape index (κ1) is 26.3. The van der Waals surface area contributed by atoms with Gasteiger partial charge in [0.1, 0.15) is 28.5 Å². The summed E-state index contributed by atoms with van der Waals surface area (Å²) in [6, 6.07) is 5.47. The van der Waals surface area contributed by atoms with Gasteiger partial charge >= 0.3 is 6.09 Å². The highest BCUT2D eigenvalue weighted by Crippen LogP contribution is 2.42. The minimum absolute atomic E-state index is 0.0721. The fourth-order valence-electron chi connectivity index (χ4n) is 4.10. The number of nitrogens with zero attached hydrogens (tertiary/aromatic N) is 4. The van der Waals surface area contributed by atoms with Gasteiger partial charge < -0.3 is 25.0 Å². The maximum absolute atomic E-state index is 16.0. The molecule has 2 N–H and O–H groups in total. The molecule has 1 aliphatic rings. The SMILES string of the molecule is COc1cccc(F)c1-c1c(Cl)cc2c(N3CCN(C(=O)OC(C)(C)C)CC3)nc(C(N)=O)nc2c1F. The number of hydrogen-bond acceptors (Lipinski definition) is 7. The molecule has 0 radical (unpaired) electrons. The van der Waals surface area contributed by atoms with Crippen LogP contribution >= 0.6 is 11.6 Å². The van der Waals surface area contributed by atoms with E-state index in [0.717, 1.165) is 6.07 Å². The highest BCUT2D eigenvalue weighted by molar-refractivity contribution is 6.34. The van der Waals surface area contributed by atoms with Crippen LogP contribution in [-0.2, 0) is 4.74 Å². The summed E-state index contributed by atoms with van der Waals surface area (Å²) in [7, 11) is 1.33. The summed E-state index contributed by atoms with van der Waals surface area (Å²) in [6.07, 6.45) is -0.449. The molecular formula is C25H26ClF2N5O4. The van der Waals surface area contributed by atoms with E-state index in [1.807, 2.05) is 0 Å². The first-order valence-electron chi connectivity index (χ1n) is 11.5. The highest BCUT2D eigenvalue weighted by atomic mass is 35.5. The van der Waals surface area contributed by atoms with Crippen LogP contribution in [0.25, 0.3) is 22.0 Å². The molecule has 37 heavy (non-hydrogen) atoms. The van der Waals surface area contributed by atoms with E-state index in [9.17, 15) is 14.0 Å². The Kier molecular flexibility index (Phi) is 7.09. The fourth-order valence-corrected chi connectivity index (χ4v) is 4.39. The largest absolute Gasteiger partial charge is 0.496 e. The molecule has 2 heterocycles. The predicted molar refractivity (Wildman–Crippen MR) is 135 cm³/mol. The molecule has 0 unspecified atom stereocenters. The van der Waals surface area contributed by atoms with Gasteiger partial charge in [-0.15, -0.1) is 0 Å². The summed E-state index contributed by atoms with van der Waals surface area (Å²) in [5, 5.41) is 0.106. The third kappa shape index (κ3) is 5.22. The number of hydrogen-bond donors (Lipinski definition) is 1. The van der Waals surface area contributed by atoms with E-state index in [4.69, 9.17) is 26.8 Å². The molecule has 12 heteroatoms. The molecule has 4 rings (SSSR count). The molecule has 0 bridgehead atoms. The molecule has 0 saturated carbocycles. The van der Waals surface area contributed by atoms with Crippen molar-refractivity contribution < 1.29 is 27.8 Å². The van der Waals surface area contributed by atoms with Crippen LogP contribution in [0.15, 0.2) is 24.3 Å². The molecule has 1 aliphatic heterocycles. The lowest BCUT2D eigenvalue weighted by Crippen LogP contribution is -2.50. The fraction of sp³-hybridized carbons (Fsp3) is 0.360. The van der Waals surface area contributed by atoms with Gasteiger partial charge in [-0.05, 0) is 39.0 Å². The number of carbonyl (C=O) groups is 2. The van der Waals surface area contributed by atoms with Crippen molar-refractivity contribution in [1.29, 1.82) is 0 Å². The minimum Gasteiger partial charge on any atom is -0.496 e. The van der Waals surface area contributed by atoms with Crippen molar-refractivity contribution in [3.05, 3.63) is 46.7 Å². The van der Waals surface area contributed by atoms with Gasteiger partial charge in [-0.3, -0.25) is 4.79 Å². The van der Waals surface area contributed by atoms with E-state index >= 15 is 4.39 Å². The van der Waals surface area contributed by atoms with Gasteiger partial charge in [-0.1, -0.05) is 17.7 Å². The summed E-state index contributed by atoms with van der Waals surface area (Å²) in [5.41, 5.74) is 4.11. The van der Waals surface area contributed by atoms with Crippen molar-refractivity contribution in [3.8, 4) is 16.9 Å². The second-order valence-electron chi connectivity index (χ2n) is 9.45. The van der Waals surface area contributed by atoms with Gasteiger partial charge in [0, 0.05) is 37.1 Å². The lowest BCUT2D eigenvalue weighted by atomic mass is 10.0. The molecule has 0 aliphatic carbocycles. The van der Waals surface area contributed by atoms with Crippen molar-refractivity contribution in [2.24, 2.45) is 5.73 Å². The number of halogens is 3. The van der Waals surface area contributed by atoms with E-state index in [1.54, 1.807) is 30.6 Å². The number of ether oxygens (including phenoxy) is 2. The number of benzene rings is 2. The first-order valence-corrected chi connectivity index (χ1v) is 11.8. The van der Waals surface area contributed by atoms with Crippen LogP contribution in [0.3, 0.4) is 0 Å². The smallest absolute Gasteiger partial charge is 0.410 e. The molecule has 0 atom stereocenters. The van der Waals surface area contributed by atoms with Crippen LogP contribution in [0.2, 0.25) is 5.02 Å². The van der Waals surface area contributed by atoms with Crippen molar-refractivity contribution in [1.82, 2.24) is 14.9 Å². The van der Waals surface area contributed by atoms with Gasteiger partial charge in [0.25, 0.3) is 5.91 Å². The lowest BCUT2D eigenvalue weighted by Gasteiger charge is -2.36. The van der Waals surface area contributed by atoms with Crippen LogP contribution in [0, 0.1) is 11.6 Å². The van der Waals surface area contributed by atoms with Crippen molar-refractivity contribution in [2.45, 2.75) is 26.4 Å². The Morgan fingerprint density at radius 3 is 2.35 bits per heavy atom. The van der Waals surface area contributed by atoms with E-state index in [1.165, 1.54) is 25.3 Å². The van der Waals surface area contributed by atoms with Crippen LogP contribution in [0.4, 0.5) is 19.4 Å². The van der Waals surface area contributed by atoms with Gasteiger partial charge in [0.05, 0.1) is 17.7 Å². The number of aromatic nitrogens is 2. The van der Waals surface area contributed by atoms with Crippen LogP contribution in [0.5, 0.6) is 5.75 Å². The number of methoxy groups -OCH3 is 1. The maximum Gasteiger partial charge on any atom is 0.410 e. The van der Waals surface area contributed by atoms with Gasteiger partial charge in [0.15, 0.2) is 5.82 Å². The molecule has 2 aromatic carbocycles. The van der Waals surface area contributed by atoms with Gasteiger partial charge in [-0.2, -0.15) is 0 Å². The third-order valence-electron chi connectivity index (χ3n) is 5.76. The van der Waals surface area contributed by atoms with Crippen LogP contribution in [0.1, 0.15) is 31.4 Å². The Bertz CT molecular complexity index is 1390. The highest BCUT2D eigenvalue weighted by Gasteiger charge is 2.30. The number of piperazine rings is 1. The zero-order chi connectivity index (χ0) is 27.1. The molecule has 1 saturated heterocycles. The molecular weight excluding hydrogens is 508 g/mol. The topological polar surface area (TPSA) is 111 Å². The summed E-state index contributed by atoms with van der Waals surface area (Å²) in [5.74, 6) is -2.79. The molecule has 2 amide bonds. The second kappa shape index (κ2) is 9.97. The minimum atomic E-state index is -0.963. The number of fused-ring (bicyclic) bond motifs is 1. The molecule has 1 aromatic heterocycles. The van der Waals surface area contributed by atoms with E-state index in [2.05, 4.69) is 9.97 Å². The number of carbonyl (C=O) groups excluding carboxylic acids is 2. The lowest BCUT2D eigenvalue weighted by molar-refractivity contribution is 0.0240. The monoisotopic (exact) mass is 533 g/mol. The number of nitrogens with two attached hydrogens (primary N) is 1. The van der Waals surface area contributed by atoms with Crippen molar-refractivity contribution in [3.63, 3.8) is 0 Å². The molecule has 1 fully saturated rings. The number of primary amides is 1. The first-order chi connectivity index (χ1) is 17.4. The van der Waals surface area contributed by atoms with E-state index in [-0.39, 0.29) is 38.6 Å². The van der Waals surface area contributed by atoms with E-state index in [0.29, 0.717) is 26.2 Å². The quantitative estimate of drug-likeness (QED) is 0.529. The van der Waals surface area contributed by atoms with Crippen LogP contribution < -0.4 is 15.4 Å². The Hall–Kier alpha value is -3.73. The van der Waals surface area contributed by atoms with Gasteiger partial charge in [0.2, 0.25) is 5.82 Å². The Morgan fingerprint density at radius 2 is 1.76 bits per heavy atom. The number of anilines is 1. The van der Waals surface area contributed by atoms with Crippen molar-refractivity contribution >= 4 is 40.3 Å². The summed E-state index contributed by atoms with van der Waals surface area (Å²) >= 11 is 6.49. The average Bonchev–Trinajstić information content (AvgIpc) is 2.83. The predicted octanol–water partition coefficient (Wildman–Crippen LogP) is 4.39. The maximum atomic E-state index is 16.0.